The van der Waals surface area contributed by atoms with Gasteiger partial charge in [-0.05, 0) is 96.7 Å². The fourth-order valence-electron chi connectivity index (χ4n) is 12.5. The molecule has 3 N–H and O–H groups in total. The number of nitrogens with zero attached hydrogens (tertiary/aromatic N) is 6. The molecule has 6 bridgehead atoms. The van der Waals surface area contributed by atoms with E-state index in [0.29, 0.717) is 75.5 Å². The molecule has 3 saturated heterocycles. The fourth-order valence-corrected chi connectivity index (χ4v) is 12.5. The van der Waals surface area contributed by atoms with E-state index in [0.717, 1.165) is 44.5 Å². The Morgan fingerprint density at radius 2 is 1.79 bits per heavy atom. The highest BCUT2D eigenvalue weighted by atomic mass is 19.4. The quantitative estimate of drug-likeness (QED) is 0.0721. The molecule has 81 heavy (non-hydrogen) atoms. The van der Waals surface area contributed by atoms with Crippen LogP contribution in [0, 0.1) is 23.2 Å². The van der Waals surface area contributed by atoms with E-state index >= 15 is 4.79 Å². The largest absolute Gasteiger partial charge is 0.508 e. The van der Waals surface area contributed by atoms with Gasteiger partial charge in [0.2, 0.25) is 5.91 Å². The van der Waals surface area contributed by atoms with Crippen LogP contribution in [0.2, 0.25) is 0 Å². The molecule has 5 aliphatic rings. The predicted octanol–water partition coefficient (Wildman–Crippen LogP) is 8.21. The molecule has 9 atom stereocenters. The molecule has 10 rings (SSSR count). The Labute approximate surface area is 471 Å². The monoisotopic (exact) mass is 1120 g/mol. The first-order valence-electron chi connectivity index (χ1n) is 28.3. The lowest BCUT2D eigenvalue weighted by Gasteiger charge is -2.41. The smallest absolute Gasteiger partial charge is 0.390 e. The number of carbonyl (C=O) groups excluding carboxylic acids is 4. The van der Waals surface area contributed by atoms with Gasteiger partial charge < -0.3 is 39.0 Å². The molecule has 1 unspecified atom stereocenters. The highest BCUT2D eigenvalue weighted by Gasteiger charge is 2.53. The van der Waals surface area contributed by atoms with Gasteiger partial charge in [0, 0.05) is 100 Å². The number of halogens is 3. The van der Waals surface area contributed by atoms with Crippen LogP contribution >= 0.6 is 0 Å². The zero-order valence-electron chi connectivity index (χ0n) is 47.3. The van der Waals surface area contributed by atoms with Gasteiger partial charge in [-0.25, -0.2) is 5.43 Å². The Balaban J connectivity index is 1.04. The van der Waals surface area contributed by atoms with E-state index in [2.05, 4.69) is 65.8 Å². The van der Waals surface area contributed by atoms with Crippen molar-refractivity contribution in [3.8, 4) is 28.1 Å². The van der Waals surface area contributed by atoms with Gasteiger partial charge in [0.25, 0.3) is 11.8 Å². The normalized spacial score (nSPS) is 24.2. The topological polar surface area (TPSA) is 171 Å². The molecule has 0 radical (unpaired) electrons. The van der Waals surface area contributed by atoms with Crippen molar-refractivity contribution >= 4 is 40.3 Å². The Morgan fingerprint density at radius 3 is 2.47 bits per heavy atom. The maximum Gasteiger partial charge on any atom is 0.390 e. The molecule has 2 aromatic heterocycles. The highest BCUT2D eigenvalue weighted by Crippen LogP contribution is 2.46. The molecule has 1 aliphatic carbocycles. The fraction of sp³-hybridized carbons (Fsp3) is 0.500. The number of phenols is 1. The summed E-state index contributed by atoms with van der Waals surface area (Å²) in [4.78, 5) is 69.2. The van der Waals surface area contributed by atoms with Crippen LogP contribution in [0.4, 0.5) is 18.9 Å². The number of pyridine rings is 1. The number of aromatic nitrogens is 2. The summed E-state index contributed by atoms with van der Waals surface area (Å²) in [6.45, 7) is 17.1. The van der Waals surface area contributed by atoms with Gasteiger partial charge in [-0.1, -0.05) is 69.3 Å². The van der Waals surface area contributed by atoms with Crippen molar-refractivity contribution in [2.45, 2.75) is 109 Å². The summed E-state index contributed by atoms with van der Waals surface area (Å²) in [5.74, 6) is -2.83. The van der Waals surface area contributed by atoms with Crippen LogP contribution < -0.4 is 15.6 Å². The number of nitrogens with one attached hydrogen (secondary N) is 2. The Kier molecular flexibility index (Phi) is 16.5. The zero-order chi connectivity index (χ0) is 57.7. The molecule has 4 aliphatic heterocycles. The van der Waals surface area contributed by atoms with Crippen molar-refractivity contribution in [1.29, 1.82) is 0 Å². The minimum absolute atomic E-state index is 0.00779. The summed E-state index contributed by atoms with van der Waals surface area (Å²) >= 11 is 0. The van der Waals surface area contributed by atoms with Gasteiger partial charge in [-0.15, -0.1) is 6.58 Å². The maximum atomic E-state index is 15.1. The molecule has 3 amide bonds. The number of hydrazine groups is 1. The van der Waals surface area contributed by atoms with Crippen molar-refractivity contribution in [1.82, 2.24) is 35.1 Å². The van der Waals surface area contributed by atoms with Crippen LogP contribution in [0.1, 0.15) is 81.9 Å². The average Bonchev–Trinajstić information content (AvgIpc) is 3.23. The van der Waals surface area contributed by atoms with Crippen LogP contribution in [-0.4, -0.2) is 150 Å². The number of hydrogen-bond acceptors (Lipinski definition) is 12. The van der Waals surface area contributed by atoms with Gasteiger partial charge in [0.1, 0.15) is 30.0 Å². The molecule has 0 spiro atoms. The number of methoxy groups -OCH3 is 1. The third-order valence-electron chi connectivity index (χ3n) is 17.3. The first-order chi connectivity index (χ1) is 38.6. The third-order valence-corrected chi connectivity index (χ3v) is 17.3. The van der Waals surface area contributed by atoms with Gasteiger partial charge in [0.05, 0.1) is 49.0 Å². The molecule has 3 aromatic carbocycles. The van der Waals surface area contributed by atoms with Crippen molar-refractivity contribution in [2.75, 3.05) is 71.5 Å². The molecular formula is C62H75F3N8O8. The minimum atomic E-state index is -4.23. The number of hydrogen-bond donors (Lipinski definition) is 3. The summed E-state index contributed by atoms with van der Waals surface area (Å²) in [7, 11) is 3.20. The van der Waals surface area contributed by atoms with Crippen molar-refractivity contribution in [3.63, 3.8) is 0 Å². The standard InChI is InChI=1S/C62H75F3N8O8/c1-9-36(3)54(69(7)59(77)56-49(34-80-56)39-14-12-11-13-15-39)57(75)67-50-26-38-24-41(27-44(74)25-38)40-16-17-51-46(28-40)48(31-61(5,6)35-81-60(78)53-45-29-42(45)33-73(68-53)58(50)76)55(72(51)10-2)47-30-43(32-66-52(47)37(4)79-8)71-22-20-70(21-23-71)19-18-62(63,64)65/h9,11-17,24-25,27-28,30,32,36-37,42,45,49-50,53-54,56,68,74H,1,10,18-23,26,29,31,33-35H2,2-8H3,(H,67,75)/t36-,37+,42?,45+,49-,50+,53+,54+,56-/m1/s1. The number of cyclic esters (lactones) is 1. The van der Waals surface area contributed by atoms with E-state index in [9.17, 15) is 32.7 Å². The first-order valence-corrected chi connectivity index (χ1v) is 28.3. The van der Waals surface area contributed by atoms with E-state index < -0.39 is 72.0 Å². The minimum Gasteiger partial charge on any atom is -0.508 e. The number of anilines is 1. The second-order valence-electron chi connectivity index (χ2n) is 23.6. The van der Waals surface area contributed by atoms with Crippen LogP contribution in [0.5, 0.6) is 5.75 Å². The van der Waals surface area contributed by atoms with Gasteiger partial charge in [-0.2, -0.15) is 13.2 Å². The van der Waals surface area contributed by atoms with E-state index in [1.165, 1.54) is 9.91 Å². The number of rotatable bonds is 14. The second-order valence-corrected chi connectivity index (χ2v) is 23.6. The SMILES string of the molecule is C=C[C@@H](C)[C@@H](C(=O)N[C@H]1Cc2cc(O)cc(c2)-c2ccc3c(c2)c(c(-c2cc(N4CCN(CCC(F)(F)F)CC4)cnc2[C@H](C)OC)n3CC)CC(C)(C)COC(=O)[C@H]2NN(CC3C[C@@H]32)C1=O)N(C)C(=O)[C@@H]1OC[C@@H]1c1ccccc1. The van der Waals surface area contributed by atoms with Gasteiger partial charge in [0.15, 0.2) is 0 Å². The number of carbonyl (C=O) groups is 4. The number of fused-ring (bicyclic) bond motifs is 8. The van der Waals surface area contributed by atoms with Crippen LogP contribution in [0.3, 0.4) is 0 Å². The lowest BCUT2D eigenvalue weighted by molar-refractivity contribution is -0.164. The van der Waals surface area contributed by atoms with E-state index in [1.807, 2.05) is 60.5 Å². The van der Waals surface area contributed by atoms with Crippen LogP contribution in [0.15, 0.2) is 91.6 Å². The first kappa shape index (κ1) is 57.4. The number of alkyl halides is 3. The Hall–Kier alpha value is -6.80. The molecule has 16 nitrogen and oxygen atoms in total. The van der Waals surface area contributed by atoms with Gasteiger partial charge in [-0.3, -0.25) is 34.1 Å². The summed E-state index contributed by atoms with van der Waals surface area (Å²) in [5.41, 5.74) is 10.7. The molecule has 6 heterocycles. The number of benzene rings is 3. The molecule has 4 fully saturated rings. The predicted molar refractivity (Wildman–Crippen MR) is 302 cm³/mol. The molecule has 1 saturated carbocycles. The third kappa shape index (κ3) is 12.1. The number of esters is 1. The average molecular weight is 1120 g/mol. The van der Waals surface area contributed by atoms with Crippen molar-refractivity contribution in [3.05, 3.63) is 114 Å². The maximum absolute atomic E-state index is 15.1. The molecular weight excluding hydrogens is 1040 g/mol. The number of aryl methyl sites for hydroxylation is 1. The van der Waals surface area contributed by atoms with E-state index in [1.54, 1.807) is 39.3 Å². The van der Waals surface area contributed by atoms with Crippen LogP contribution in [-0.2, 0) is 52.8 Å². The number of likely N-dealkylation sites (N-methyl/N-ethyl adjacent to an activating group) is 1. The summed E-state index contributed by atoms with van der Waals surface area (Å²) in [6, 6.07) is 19.9. The lowest BCUT2D eigenvalue weighted by atomic mass is 9.84. The van der Waals surface area contributed by atoms with Crippen LogP contribution in [0.25, 0.3) is 33.3 Å². The highest BCUT2D eigenvalue weighted by molar-refractivity contribution is 5.97. The summed E-state index contributed by atoms with van der Waals surface area (Å²) < 4.78 is 59.9. The number of phenolic OH excluding ortho intramolecular Hbond substituents is 1. The molecule has 5 aromatic rings. The van der Waals surface area contributed by atoms with E-state index in [4.69, 9.17) is 19.2 Å². The Morgan fingerprint density at radius 1 is 1.04 bits per heavy atom. The summed E-state index contributed by atoms with van der Waals surface area (Å²) in [6.07, 6.45) is -1.85. The zero-order valence-corrected chi connectivity index (χ0v) is 47.3. The van der Waals surface area contributed by atoms with Crippen molar-refractivity contribution < 1.29 is 51.7 Å². The van der Waals surface area contributed by atoms with Crippen molar-refractivity contribution in [2.24, 2.45) is 23.2 Å². The summed E-state index contributed by atoms with van der Waals surface area (Å²) in [5, 5.41) is 16.9. The Bertz CT molecular complexity index is 3180. The number of aromatic hydroxyl groups is 1. The second kappa shape index (κ2) is 23.2. The number of amides is 3. The molecule has 19 heteroatoms. The molecule has 432 valence electrons. The lowest BCUT2D eigenvalue weighted by Crippen LogP contribution is -2.63. The van der Waals surface area contributed by atoms with E-state index in [-0.39, 0.29) is 49.0 Å². The number of piperazine rings is 1. The van der Waals surface area contributed by atoms with Gasteiger partial charge >= 0.3 is 12.1 Å². The number of ether oxygens (including phenoxy) is 3.